The Labute approximate surface area is 122 Å². The number of hydrogen-bond acceptors (Lipinski definition) is 4. The lowest BCUT2D eigenvalue weighted by atomic mass is 10.2. The molecular weight excluding hydrogens is 334 g/mol. The largest absolute Gasteiger partial charge is 0.408 e. The number of hydrogen-bond donors (Lipinski definition) is 1. The first-order valence-corrected chi connectivity index (χ1v) is 6.90. The normalized spacial score (nSPS) is 14.4. The lowest BCUT2D eigenvalue weighted by molar-refractivity contribution is 0.102. The lowest BCUT2D eigenvalue weighted by Gasteiger charge is -2.03. The Morgan fingerprint density at radius 2 is 2.21 bits per heavy atom. The third-order valence-electron chi connectivity index (χ3n) is 2.76. The maximum Gasteiger partial charge on any atom is 0.322 e. The van der Waals surface area contributed by atoms with Gasteiger partial charge in [-0.15, -0.1) is 5.10 Å². The third-order valence-corrected chi connectivity index (χ3v) is 3.65. The molecule has 98 valence electrons. The van der Waals surface area contributed by atoms with Gasteiger partial charge in [0.1, 0.15) is 0 Å². The van der Waals surface area contributed by atoms with Crippen molar-refractivity contribution >= 4 is 39.5 Å². The molecule has 2 aromatic rings. The summed E-state index contributed by atoms with van der Waals surface area (Å²) < 4.78 is 5.98. The first-order valence-electron chi connectivity index (χ1n) is 5.73. The van der Waals surface area contributed by atoms with Crippen LogP contribution in [-0.2, 0) is 0 Å². The van der Waals surface area contributed by atoms with Crippen LogP contribution < -0.4 is 5.32 Å². The van der Waals surface area contributed by atoms with Gasteiger partial charge < -0.3 is 4.42 Å². The van der Waals surface area contributed by atoms with Crippen LogP contribution in [0.1, 0.15) is 35.0 Å². The van der Waals surface area contributed by atoms with E-state index in [1.165, 1.54) is 0 Å². The summed E-state index contributed by atoms with van der Waals surface area (Å²) >= 11 is 9.11. The molecule has 0 spiro atoms. The second kappa shape index (κ2) is 4.94. The van der Waals surface area contributed by atoms with Crippen molar-refractivity contribution in [1.82, 2.24) is 10.2 Å². The van der Waals surface area contributed by atoms with Gasteiger partial charge >= 0.3 is 6.01 Å². The summed E-state index contributed by atoms with van der Waals surface area (Å²) in [6.07, 6.45) is 2.14. The highest BCUT2D eigenvalue weighted by atomic mass is 79.9. The summed E-state index contributed by atoms with van der Waals surface area (Å²) in [6, 6.07) is 5.04. The number of halogens is 2. The van der Waals surface area contributed by atoms with E-state index in [0.717, 1.165) is 12.8 Å². The topological polar surface area (TPSA) is 68.0 Å². The Balaban J connectivity index is 1.76. The van der Waals surface area contributed by atoms with Crippen molar-refractivity contribution in [2.75, 3.05) is 5.32 Å². The molecule has 1 saturated carbocycles. The summed E-state index contributed by atoms with van der Waals surface area (Å²) in [6.45, 7) is 0. The Hall–Kier alpha value is -1.40. The summed E-state index contributed by atoms with van der Waals surface area (Å²) in [4.78, 5) is 12.0. The monoisotopic (exact) mass is 341 g/mol. The van der Waals surface area contributed by atoms with Gasteiger partial charge in [-0.3, -0.25) is 10.1 Å². The van der Waals surface area contributed by atoms with Crippen molar-refractivity contribution < 1.29 is 9.21 Å². The molecule has 3 rings (SSSR count). The van der Waals surface area contributed by atoms with Crippen LogP contribution in [0.15, 0.2) is 27.1 Å². The fourth-order valence-electron chi connectivity index (χ4n) is 1.62. The SMILES string of the molecule is O=C(Nc1nnc(C2CC2)o1)c1ccc(Cl)cc1Br. The highest BCUT2D eigenvalue weighted by molar-refractivity contribution is 9.10. The molecule has 0 aliphatic heterocycles. The highest BCUT2D eigenvalue weighted by Crippen LogP contribution is 2.39. The molecule has 19 heavy (non-hydrogen) atoms. The lowest BCUT2D eigenvalue weighted by Crippen LogP contribution is -2.12. The van der Waals surface area contributed by atoms with Gasteiger partial charge in [-0.25, -0.2) is 0 Å². The number of amides is 1. The van der Waals surface area contributed by atoms with Crippen LogP contribution in [0.2, 0.25) is 5.02 Å². The maximum atomic E-state index is 12.0. The molecule has 0 bridgehead atoms. The first kappa shape index (κ1) is 12.6. The highest BCUT2D eigenvalue weighted by Gasteiger charge is 2.29. The number of carbonyl (C=O) groups excluding carboxylic acids is 1. The third kappa shape index (κ3) is 2.79. The van der Waals surface area contributed by atoms with E-state index >= 15 is 0 Å². The van der Waals surface area contributed by atoms with Gasteiger partial charge in [0.05, 0.1) is 5.56 Å². The zero-order valence-electron chi connectivity index (χ0n) is 9.69. The molecule has 1 aliphatic rings. The van der Waals surface area contributed by atoms with Gasteiger partial charge in [0.25, 0.3) is 5.91 Å². The average molecular weight is 343 g/mol. The number of nitrogens with zero attached hydrogens (tertiary/aromatic N) is 2. The molecule has 0 atom stereocenters. The van der Waals surface area contributed by atoms with E-state index in [4.69, 9.17) is 16.0 Å². The zero-order chi connectivity index (χ0) is 13.4. The number of benzene rings is 1. The molecule has 1 aromatic carbocycles. The number of carbonyl (C=O) groups is 1. The molecule has 0 saturated heterocycles. The fraction of sp³-hybridized carbons (Fsp3) is 0.250. The van der Waals surface area contributed by atoms with Crippen molar-refractivity contribution in [3.05, 3.63) is 39.1 Å². The summed E-state index contributed by atoms with van der Waals surface area (Å²) in [5.74, 6) is 0.625. The van der Waals surface area contributed by atoms with E-state index in [2.05, 4.69) is 31.4 Å². The molecule has 1 fully saturated rings. The molecule has 1 heterocycles. The van der Waals surface area contributed by atoms with Crippen LogP contribution >= 0.6 is 27.5 Å². The van der Waals surface area contributed by atoms with Gasteiger partial charge in [-0.1, -0.05) is 16.7 Å². The Morgan fingerprint density at radius 1 is 1.42 bits per heavy atom. The standard InChI is InChI=1S/C12H9BrClN3O2/c13-9-5-7(14)3-4-8(9)10(18)15-12-17-16-11(19-12)6-1-2-6/h3-6H,1-2H2,(H,15,17,18). The van der Waals surface area contributed by atoms with Gasteiger partial charge in [0, 0.05) is 15.4 Å². The van der Waals surface area contributed by atoms with Gasteiger partial charge in [-0.05, 0) is 47.0 Å². The smallest absolute Gasteiger partial charge is 0.322 e. The van der Waals surface area contributed by atoms with Crippen LogP contribution in [0.4, 0.5) is 6.01 Å². The van der Waals surface area contributed by atoms with Crippen LogP contribution in [0.5, 0.6) is 0 Å². The predicted molar refractivity (Wildman–Crippen MR) is 73.4 cm³/mol. The Bertz CT molecular complexity index is 640. The van der Waals surface area contributed by atoms with E-state index in [1.54, 1.807) is 18.2 Å². The Kier molecular flexibility index (Phi) is 3.28. The number of anilines is 1. The molecule has 0 unspecified atom stereocenters. The van der Waals surface area contributed by atoms with Crippen molar-refractivity contribution in [3.8, 4) is 0 Å². The van der Waals surface area contributed by atoms with E-state index in [0.29, 0.717) is 26.9 Å². The molecule has 1 N–H and O–H groups in total. The van der Waals surface area contributed by atoms with Crippen molar-refractivity contribution in [2.24, 2.45) is 0 Å². The van der Waals surface area contributed by atoms with Crippen LogP contribution in [0.3, 0.4) is 0 Å². The second-order valence-electron chi connectivity index (χ2n) is 4.30. The van der Waals surface area contributed by atoms with Crippen LogP contribution in [0, 0.1) is 0 Å². The number of nitrogens with one attached hydrogen (secondary N) is 1. The van der Waals surface area contributed by atoms with Crippen molar-refractivity contribution in [2.45, 2.75) is 18.8 Å². The minimum Gasteiger partial charge on any atom is -0.408 e. The molecular formula is C12H9BrClN3O2. The molecule has 7 heteroatoms. The number of aromatic nitrogens is 2. The molecule has 0 radical (unpaired) electrons. The van der Waals surface area contributed by atoms with Crippen molar-refractivity contribution in [3.63, 3.8) is 0 Å². The van der Waals surface area contributed by atoms with Crippen molar-refractivity contribution in [1.29, 1.82) is 0 Å². The Morgan fingerprint density at radius 3 is 2.89 bits per heavy atom. The second-order valence-corrected chi connectivity index (χ2v) is 5.59. The average Bonchev–Trinajstić information content (AvgIpc) is 3.10. The predicted octanol–water partition coefficient (Wildman–Crippen LogP) is 3.62. The van der Waals surface area contributed by atoms with Crippen LogP contribution in [0.25, 0.3) is 0 Å². The summed E-state index contributed by atoms with van der Waals surface area (Å²) in [5, 5.41) is 10.8. The molecule has 5 nitrogen and oxygen atoms in total. The molecule has 1 aliphatic carbocycles. The minimum atomic E-state index is -0.325. The first-order chi connectivity index (χ1) is 9.13. The van der Waals surface area contributed by atoms with Gasteiger partial charge in [-0.2, -0.15) is 0 Å². The van der Waals surface area contributed by atoms with E-state index in [-0.39, 0.29) is 11.9 Å². The van der Waals surface area contributed by atoms with Gasteiger partial charge in [0.15, 0.2) is 0 Å². The zero-order valence-corrected chi connectivity index (χ0v) is 12.0. The minimum absolute atomic E-state index is 0.119. The van der Waals surface area contributed by atoms with E-state index < -0.39 is 0 Å². The quantitative estimate of drug-likeness (QED) is 0.925. The molecule has 1 amide bonds. The molecule has 1 aromatic heterocycles. The van der Waals surface area contributed by atoms with Gasteiger partial charge in [0.2, 0.25) is 5.89 Å². The van der Waals surface area contributed by atoms with Crippen LogP contribution in [-0.4, -0.2) is 16.1 Å². The maximum absolute atomic E-state index is 12.0. The fourth-order valence-corrected chi connectivity index (χ4v) is 2.48. The summed E-state index contributed by atoms with van der Waals surface area (Å²) in [5.41, 5.74) is 0.454. The van der Waals surface area contributed by atoms with E-state index in [9.17, 15) is 4.79 Å². The van der Waals surface area contributed by atoms with E-state index in [1.807, 2.05) is 0 Å². The number of rotatable bonds is 3. The summed E-state index contributed by atoms with van der Waals surface area (Å²) in [7, 11) is 0.